The molecule has 11 heteroatoms. The Balaban J connectivity index is 1.39. The van der Waals surface area contributed by atoms with Crippen molar-refractivity contribution in [1.82, 2.24) is 10.4 Å². The average molecular weight is 579 g/mol. The summed E-state index contributed by atoms with van der Waals surface area (Å²) in [6.45, 7) is 7.95. The minimum Gasteiger partial charge on any atom is -0.379 e. The highest BCUT2D eigenvalue weighted by Gasteiger charge is 2.58. The van der Waals surface area contributed by atoms with Crippen molar-refractivity contribution < 1.29 is 41.7 Å². The van der Waals surface area contributed by atoms with Crippen LogP contribution in [0.5, 0.6) is 0 Å². The summed E-state index contributed by atoms with van der Waals surface area (Å²) in [6, 6.07) is 12.7. The van der Waals surface area contributed by atoms with Gasteiger partial charge in [-0.15, -0.1) is 0 Å². The number of hydrogen-bond acceptors (Lipinski definition) is 7. The van der Waals surface area contributed by atoms with E-state index >= 15 is 0 Å². The predicted octanol–water partition coefficient (Wildman–Crippen LogP) is 4.53. The topological polar surface area (TPSA) is 78.5 Å². The van der Waals surface area contributed by atoms with Crippen molar-refractivity contribution in [2.75, 3.05) is 26.3 Å². The second-order valence-electron chi connectivity index (χ2n) is 11.4. The van der Waals surface area contributed by atoms with Gasteiger partial charge in [-0.05, 0) is 44.0 Å². The molecule has 2 aromatic rings. The van der Waals surface area contributed by atoms with Crippen LogP contribution >= 0.6 is 0 Å². The molecule has 0 spiro atoms. The van der Waals surface area contributed by atoms with Gasteiger partial charge in [0.05, 0.1) is 44.2 Å². The SMILES string of the molecule is Cc1cccc(CO[C@]2(C(=O)NN3CCOCC3)C[C@@H](OCc3ccc(C(F)(F)F)cc3)[C@@H]3OC(C)(C)O[C@@H]3C2)c1. The van der Waals surface area contributed by atoms with Gasteiger partial charge in [-0.1, -0.05) is 42.0 Å². The summed E-state index contributed by atoms with van der Waals surface area (Å²) >= 11 is 0. The van der Waals surface area contributed by atoms with Crippen LogP contribution in [0.4, 0.5) is 13.2 Å². The van der Waals surface area contributed by atoms with Crippen LogP contribution in [0.1, 0.15) is 48.9 Å². The van der Waals surface area contributed by atoms with Gasteiger partial charge in [0.25, 0.3) is 5.91 Å². The van der Waals surface area contributed by atoms with E-state index in [-0.39, 0.29) is 32.0 Å². The number of carbonyl (C=O) groups is 1. The van der Waals surface area contributed by atoms with E-state index in [1.165, 1.54) is 12.1 Å². The van der Waals surface area contributed by atoms with E-state index in [0.717, 1.165) is 23.3 Å². The molecule has 3 aliphatic rings. The summed E-state index contributed by atoms with van der Waals surface area (Å²) < 4.78 is 69.8. The Kier molecular flexibility index (Phi) is 8.75. The van der Waals surface area contributed by atoms with Crippen LogP contribution in [0.2, 0.25) is 0 Å². The normalized spacial score (nSPS) is 28.3. The number of ether oxygens (including phenoxy) is 5. The molecule has 5 rings (SSSR count). The molecule has 0 bridgehead atoms. The van der Waals surface area contributed by atoms with Gasteiger partial charge in [0.2, 0.25) is 0 Å². The van der Waals surface area contributed by atoms with Crippen molar-refractivity contribution in [2.24, 2.45) is 0 Å². The number of nitrogens with one attached hydrogen (secondary N) is 1. The van der Waals surface area contributed by atoms with Gasteiger partial charge in [-0.2, -0.15) is 13.2 Å². The van der Waals surface area contributed by atoms with Crippen molar-refractivity contribution in [3.05, 3.63) is 70.8 Å². The maximum absolute atomic E-state index is 14.0. The van der Waals surface area contributed by atoms with Crippen LogP contribution in [0.3, 0.4) is 0 Å². The smallest absolute Gasteiger partial charge is 0.379 e. The molecule has 2 aliphatic heterocycles. The third-order valence-corrected chi connectivity index (χ3v) is 7.68. The largest absolute Gasteiger partial charge is 0.416 e. The maximum atomic E-state index is 14.0. The van der Waals surface area contributed by atoms with Gasteiger partial charge in [0.15, 0.2) is 11.4 Å². The Morgan fingerprint density at radius 1 is 1.02 bits per heavy atom. The number of morpholine rings is 1. The van der Waals surface area contributed by atoms with E-state index < -0.39 is 41.4 Å². The Morgan fingerprint density at radius 2 is 1.76 bits per heavy atom. The molecule has 1 N–H and O–H groups in total. The Morgan fingerprint density at radius 3 is 2.44 bits per heavy atom. The molecule has 2 saturated heterocycles. The maximum Gasteiger partial charge on any atom is 0.416 e. The van der Waals surface area contributed by atoms with Gasteiger partial charge >= 0.3 is 6.18 Å². The lowest BCUT2D eigenvalue weighted by Crippen LogP contribution is -2.63. The van der Waals surface area contributed by atoms with Crippen molar-refractivity contribution in [3.63, 3.8) is 0 Å². The number of aryl methyl sites for hydroxylation is 1. The van der Waals surface area contributed by atoms with Crippen LogP contribution < -0.4 is 5.43 Å². The van der Waals surface area contributed by atoms with E-state index in [0.29, 0.717) is 31.9 Å². The van der Waals surface area contributed by atoms with Crippen molar-refractivity contribution in [1.29, 1.82) is 0 Å². The van der Waals surface area contributed by atoms with E-state index in [1.807, 2.05) is 36.2 Å². The molecule has 224 valence electrons. The molecule has 41 heavy (non-hydrogen) atoms. The number of hydrazine groups is 1. The lowest BCUT2D eigenvalue weighted by Gasteiger charge is -2.44. The number of halogens is 3. The number of carbonyl (C=O) groups excluding carboxylic acids is 1. The highest BCUT2D eigenvalue weighted by Crippen LogP contribution is 2.44. The molecule has 1 saturated carbocycles. The summed E-state index contributed by atoms with van der Waals surface area (Å²) in [5, 5.41) is 1.82. The zero-order valence-corrected chi connectivity index (χ0v) is 23.5. The zero-order valence-electron chi connectivity index (χ0n) is 23.5. The highest BCUT2D eigenvalue weighted by molar-refractivity contribution is 5.85. The first-order chi connectivity index (χ1) is 19.4. The monoisotopic (exact) mass is 578 g/mol. The summed E-state index contributed by atoms with van der Waals surface area (Å²) in [6.07, 6.45) is -5.58. The average Bonchev–Trinajstić information content (AvgIpc) is 3.24. The van der Waals surface area contributed by atoms with Gasteiger partial charge < -0.3 is 23.7 Å². The first-order valence-corrected chi connectivity index (χ1v) is 13.9. The number of alkyl halides is 3. The minimum atomic E-state index is -4.42. The summed E-state index contributed by atoms with van der Waals surface area (Å²) in [4.78, 5) is 14.0. The van der Waals surface area contributed by atoms with Crippen LogP contribution in [0, 0.1) is 6.92 Å². The van der Waals surface area contributed by atoms with Crippen molar-refractivity contribution in [3.8, 4) is 0 Å². The third kappa shape index (κ3) is 7.28. The van der Waals surface area contributed by atoms with Crippen molar-refractivity contribution in [2.45, 2.75) is 82.7 Å². The molecule has 0 radical (unpaired) electrons. The summed E-state index contributed by atoms with van der Waals surface area (Å²) in [5.74, 6) is -1.21. The molecule has 1 amide bonds. The predicted molar refractivity (Wildman–Crippen MR) is 142 cm³/mol. The summed E-state index contributed by atoms with van der Waals surface area (Å²) in [7, 11) is 0. The van der Waals surface area contributed by atoms with Gasteiger partial charge in [-0.3, -0.25) is 10.2 Å². The first kappa shape index (κ1) is 29.9. The van der Waals surface area contributed by atoms with E-state index in [4.69, 9.17) is 23.7 Å². The van der Waals surface area contributed by atoms with E-state index in [2.05, 4.69) is 5.43 Å². The quantitative estimate of drug-likeness (QED) is 0.493. The van der Waals surface area contributed by atoms with Crippen LogP contribution in [0.15, 0.2) is 48.5 Å². The number of hydrogen-bond donors (Lipinski definition) is 1. The molecule has 2 heterocycles. The molecular formula is C30H37F3N2O6. The second-order valence-corrected chi connectivity index (χ2v) is 11.4. The van der Waals surface area contributed by atoms with E-state index in [9.17, 15) is 18.0 Å². The third-order valence-electron chi connectivity index (χ3n) is 7.68. The molecule has 8 nitrogen and oxygen atoms in total. The second kappa shape index (κ2) is 12.0. The number of rotatable bonds is 8. The minimum absolute atomic E-state index is 0.0366. The number of nitrogens with zero attached hydrogens (tertiary/aromatic N) is 1. The zero-order chi connectivity index (χ0) is 29.3. The van der Waals surface area contributed by atoms with Crippen LogP contribution in [-0.2, 0) is 47.9 Å². The molecular weight excluding hydrogens is 541 g/mol. The number of benzene rings is 2. The van der Waals surface area contributed by atoms with Gasteiger partial charge in [0, 0.05) is 25.9 Å². The molecule has 0 aromatic heterocycles. The Labute approximate surface area is 238 Å². The number of fused-ring (bicyclic) bond motifs is 1. The lowest BCUT2D eigenvalue weighted by molar-refractivity contribution is -0.187. The van der Waals surface area contributed by atoms with Crippen LogP contribution in [-0.4, -0.2) is 66.9 Å². The Bertz CT molecular complexity index is 1200. The fourth-order valence-corrected chi connectivity index (χ4v) is 5.65. The number of amides is 1. The molecule has 0 unspecified atom stereocenters. The van der Waals surface area contributed by atoms with Crippen LogP contribution in [0.25, 0.3) is 0 Å². The Hall–Kier alpha value is -2.54. The standard InChI is InChI=1S/C30H37F3N2O6/c1-20-5-4-6-22(15-20)19-39-29(27(36)34-35-11-13-37-14-12-35)16-24(26-25(17-29)40-28(2,3)41-26)38-18-21-7-9-23(10-8-21)30(31,32)33/h4-10,15,24-26H,11-14,16-19H2,1-3H3,(H,34,36)/t24-,25-,26+,29-/m1/s1. The first-order valence-electron chi connectivity index (χ1n) is 13.9. The lowest BCUT2D eigenvalue weighted by atomic mass is 9.78. The fourth-order valence-electron chi connectivity index (χ4n) is 5.65. The highest BCUT2D eigenvalue weighted by atomic mass is 19.4. The molecule has 2 aromatic carbocycles. The molecule has 3 fully saturated rings. The van der Waals surface area contributed by atoms with Crippen molar-refractivity contribution >= 4 is 5.91 Å². The molecule has 1 aliphatic carbocycles. The van der Waals surface area contributed by atoms with Gasteiger partial charge in [0.1, 0.15) is 6.10 Å². The molecule has 4 atom stereocenters. The summed E-state index contributed by atoms with van der Waals surface area (Å²) in [5.41, 5.74) is 3.57. The fraction of sp³-hybridized carbons (Fsp3) is 0.567. The van der Waals surface area contributed by atoms with E-state index in [1.54, 1.807) is 13.8 Å². The van der Waals surface area contributed by atoms with Gasteiger partial charge in [-0.25, -0.2) is 5.01 Å².